The van der Waals surface area contributed by atoms with Gasteiger partial charge in [-0.15, -0.1) is 24.0 Å². The highest BCUT2D eigenvalue weighted by molar-refractivity contribution is 14.0. The van der Waals surface area contributed by atoms with Gasteiger partial charge >= 0.3 is 0 Å². The Balaban J connectivity index is 0.00000261. The third kappa shape index (κ3) is 7.28. The molecule has 1 amide bonds. The zero-order valence-corrected chi connectivity index (χ0v) is 18.6. The first kappa shape index (κ1) is 21.9. The van der Waals surface area contributed by atoms with Crippen LogP contribution in [0.4, 0.5) is 0 Å². The number of hydrogen-bond acceptors (Lipinski definition) is 5. The Morgan fingerprint density at radius 1 is 1.33 bits per heavy atom. The molecule has 1 aliphatic carbocycles. The Bertz CT molecular complexity index is 623. The quantitative estimate of drug-likeness (QED) is 0.260. The number of aryl methyl sites for hydroxylation is 1. The fourth-order valence-electron chi connectivity index (χ4n) is 3.15. The fourth-order valence-corrected chi connectivity index (χ4v) is 3.15. The normalized spacial score (nSPS) is 18.1. The zero-order valence-electron chi connectivity index (χ0n) is 16.2. The van der Waals surface area contributed by atoms with Gasteiger partial charge in [-0.3, -0.25) is 14.7 Å². The van der Waals surface area contributed by atoms with Crippen LogP contribution in [0, 0.1) is 6.92 Å². The lowest BCUT2D eigenvalue weighted by Crippen LogP contribution is -2.52. The van der Waals surface area contributed by atoms with Crippen LogP contribution in [0.1, 0.15) is 37.1 Å². The maximum absolute atomic E-state index is 11.7. The SMILES string of the molecule is CN=C(NCCCC(=O)NC1CC1)N1CCN(Cc2cc(C)on2)CC1.I. The summed E-state index contributed by atoms with van der Waals surface area (Å²) in [6.07, 6.45) is 3.67. The van der Waals surface area contributed by atoms with Gasteiger partial charge < -0.3 is 20.1 Å². The molecule has 2 N–H and O–H groups in total. The highest BCUT2D eigenvalue weighted by Crippen LogP contribution is 2.18. The molecule has 9 heteroatoms. The molecule has 1 aromatic rings. The van der Waals surface area contributed by atoms with E-state index in [-0.39, 0.29) is 29.9 Å². The fraction of sp³-hybridized carbons (Fsp3) is 0.722. The van der Waals surface area contributed by atoms with E-state index >= 15 is 0 Å². The highest BCUT2D eigenvalue weighted by atomic mass is 127. The number of piperazine rings is 1. The molecule has 1 aliphatic heterocycles. The molecular weight excluding hydrogens is 459 g/mol. The standard InChI is InChI=1S/C18H30N6O2.HI/c1-14-12-16(22-26-14)13-23-8-10-24(11-9-23)18(19-2)20-7-3-4-17(25)21-15-5-6-15;/h12,15H,3-11,13H2,1-2H3,(H,19,20)(H,21,25);1H. The predicted molar refractivity (Wildman–Crippen MR) is 115 cm³/mol. The van der Waals surface area contributed by atoms with Gasteiger partial charge in [0.25, 0.3) is 0 Å². The molecule has 8 nitrogen and oxygen atoms in total. The average Bonchev–Trinajstić information content (AvgIpc) is 3.35. The van der Waals surface area contributed by atoms with E-state index in [0.717, 1.165) is 75.9 Å². The van der Waals surface area contributed by atoms with E-state index in [0.29, 0.717) is 12.5 Å². The second kappa shape index (κ2) is 10.8. The molecule has 2 heterocycles. The van der Waals surface area contributed by atoms with Crippen molar-refractivity contribution in [3.8, 4) is 0 Å². The highest BCUT2D eigenvalue weighted by Gasteiger charge is 2.23. The summed E-state index contributed by atoms with van der Waals surface area (Å²) in [6.45, 7) is 7.31. The van der Waals surface area contributed by atoms with E-state index in [2.05, 4.69) is 30.6 Å². The van der Waals surface area contributed by atoms with Crippen molar-refractivity contribution in [2.75, 3.05) is 39.8 Å². The summed E-state index contributed by atoms with van der Waals surface area (Å²) in [7, 11) is 1.81. The molecular formula is C18H31IN6O2. The van der Waals surface area contributed by atoms with Crippen LogP contribution in [0.5, 0.6) is 0 Å². The van der Waals surface area contributed by atoms with Crippen molar-refractivity contribution < 1.29 is 9.32 Å². The molecule has 2 aliphatic rings. The van der Waals surface area contributed by atoms with Crippen LogP contribution in [0.3, 0.4) is 0 Å². The number of aromatic nitrogens is 1. The summed E-state index contributed by atoms with van der Waals surface area (Å²) in [5, 5.41) is 10.5. The monoisotopic (exact) mass is 490 g/mol. The molecule has 1 saturated heterocycles. The Hall–Kier alpha value is -1.36. The minimum absolute atomic E-state index is 0. The Kier molecular flexibility index (Phi) is 8.81. The van der Waals surface area contributed by atoms with E-state index in [4.69, 9.17) is 4.52 Å². The third-order valence-corrected chi connectivity index (χ3v) is 4.75. The van der Waals surface area contributed by atoms with Gasteiger partial charge in [-0.2, -0.15) is 0 Å². The minimum Gasteiger partial charge on any atom is -0.361 e. The van der Waals surface area contributed by atoms with E-state index in [1.807, 2.05) is 20.0 Å². The lowest BCUT2D eigenvalue weighted by atomic mass is 10.2. The number of carbonyl (C=O) groups excluding carboxylic acids is 1. The van der Waals surface area contributed by atoms with Crippen LogP contribution < -0.4 is 10.6 Å². The van der Waals surface area contributed by atoms with Crippen LogP contribution in [0.25, 0.3) is 0 Å². The number of guanidine groups is 1. The molecule has 0 unspecified atom stereocenters. The van der Waals surface area contributed by atoms with Gasteiger partial charge in [-0.25, -0.2) is 0 Å². The van der Waals surface area contributed by atoms with Gasteiger partial charge in [-0.05, 0) is 26.2 Å². The molecule has 0 atom stereocenters. The Morgan fingerprint density at radius 3 is 2.67 bits per heavy atom. The maximum atomic E-state index is 11.7. The van der Waals surface area contributed by atoms with Crippen molar-refractivity contribution in [3.63, 3.8) is 0 Å². The number of carbonyl (C=O) groups is 1. The van der Waals surface area contributed by atoms with Crippen molar-refractivity contribution in [1.29, 1.82) is 0 Å². The number of rotatable bonds is 7. The summed E-state index contributed by atoms with van der Waals surface area (Å²) >= 11 is 0. The Morgan fingerprint density at radius 2 is 2.07 bits per heavy atom. The zero-order chi connectivity index (χ0) is 18.4. The van der Waals surface area contributed by atoms with Crippen molar-refractivity contribution >= 4 is 35.8 Å². The lowest BCUT2D eigenvalue weighted by Gasteiger charge is -2.36. The molecule has 0 bridgehead atoms. The predicted octanol–water partition coefficient (Wildman–Crippen LogP) is 1.35. The molecule has 0 spiro atoms. The van der Waals surface area contributed by atoms with E-state index in [1.165, 1.54) is 0 Å². The third-order valence-electron chi connectivity index (χ3n) is 4.75. The summed E-state index contributed by atoms with van der Waals surface area (Å²) in [4.78, 5) is 20.7. The molecule has 1 aromatic heterocycles. The summed E-state index contributed by atoms with van der Waals surface area (Å²) in [5.41, 5.74) is 0.989. The van der Waals surface area contributed by atoms with E-state index in [1.54, 1.807) is 0 Å². The average molecular weight is 490 g/mol. The number of halogens is 1. The van der Waals surface area contributed by atoms with Crippen molar-refractivity contribution in [2.24, 2.45) is 4.99 Å². The van der Waals surface area contributed by atoms with Crippen LogP contribution in [-0.2, 0) is 11.3 Å². The van der Waals surface area contributed by atoms with Crippen LogP contribution in [-0.4, -0.2) is 72.6 Å². The van der Waals surface area contributed by atoms with E-state index in [9.17, 15) is 4.79 Å². The first-order valence-electron chi connectivity index (χ1n) is 9.53. The van der Waals surface area contributed by atoms with Crippen LogP contribution in [0.15, 0.2) is 15.6 Å². The lowest BCUT2D eigenvalue weighted by molar-refractivity contribution is -0.121. The first-order valence-corrected chi connectivity index (χ1v) is 9.53. The van der Waals surface area contributed by atoms with Gasteiger partial charge in [0.1, 0.15) is 5.76 Å². The molecule has 1 saturated carbocycles. The van der Waals surface area contributed by atoms with Gasteiger partial charge in [0.2, 0.25) is 5.91 Å². The molecule has 0 radical (unpaired) electrons. The molecule has 3 rings (SSSR count). The van der Waals surface area contributed by atoms with Gasteiger partial charge in [-0.1, -0.05) is 5.16 Å². The Labute approximate surface area is 178 Å². The second-order valence-electron chi connectivity index (χ2n) is 7.11. The smallest absolute Gasteiger partial charge is 0.220 e. The molecule has 27 heavy (non-hydrogen) atoms. The van der Waals surface area contributed by atoms with Crippen LogP contribution >= 0.6 is 24.0 Å². The number of nitrogens with one attached hydrogen (secondary N) is 2. The van der Waals surface area contributed by atoms with Gasteiger partial charge in [0, 0.05) is 64.8 Å². The van der Waals surface area contributed by atoms with Gasteiger partial charge in [0.15, 0.2) is 5.96 Å². The molecule has 152 valence electrons. The topological polar surface area (TPSA) is 86.0 Å². The van der Waals surface area contributed by atoms with Crippen molar-refractivity contribution in [2.45, 2.75) is 45.2 Å². The summed E-state index contributed by atoms with van der Waals surface area (Å²) in [6, 6.07) is 2.44. The number of aliphatic imine (C=N–C) groups is 1. The summed E-state index contributed by atoms with van der Waals surface area (Å²) < 4.78 is 5.13. The van der Waals surface area contributed by atoms with E-state index < -0.39 is 0 Å². The van der Waals surface area contributed by atoms with Gasteiger partial charge in [0.05, 0.1) is 5.69 Å². The largest absolute Gasteiger partial charge is 0.361 e. The first-order chi connectivity index (χ1) is 12.6. The minimum atomic E-state index is 0. The molecule has 2 fully saturated rings. The second-order valence-corrected chi connectivity index (χ2v) is 7.11. The molecule has 0 aromatic carbocycles. The summed E-state index contributed by atoms with van der Waals surface area (Å²) in [5.74, 6) is 1.94. The number of nitrogens with zero attached hydrogens (tertiary/aromatic N) is 4. The van der Waals surface area contributed by atoms with Crippen LogP contribution in [0.2, 0.25) is 0 Å². The number of hydrogen-bond donors (Lipinski definition) is 2. The van der Waals surface area contributed by atoms with Crippen molar-refractivity contribution in [1.82, 2.24) is 25.6 Å². The maximum Gasteiger partial charge on any atom is 0.220 e. The number of amides is 1. The van der Waals surface area contributed by atoms with Crippen molar-refractivity contribution in [3.05, 3.63) is 17.5 Å².